The summed E-state index contributed by atoms with van der Waals surface area (Å²) in [7, 11) is 0. The average Bonchev–Trinajstić information content (AvgIpc) is 3.13. The van der Waals surface area contributed by atoms with Gasteiger partial charge in [-0.25, -0.2) is 4.39 Å². The van der Waals surface area contributed by atoms with Crippen LogP contribution in [0.2, 0.25) is 0 Å². The molecule has 1 N–H and O–H groups in total. The zero-order valence-corrected chi connectivity index (χ0v) is 22.1. The van der Waals surface area contributed by atoms with Crippen LogP contribution in [0.1, 0.15) is 18.1 Å². The first-order valence-electron chi connectivity index (χ1n) is 11.3. The van der Waals surface area contributed by atoms with Crippen LogP contribution < -0.4 is 14.8 Å². The van der Waals surface area contributed by atoms with Crippen LogP contribution in [-0.4, -0.2) is 35.2 Å². The molecule has 1 fully saturated rings. The number of nitrogens with one attached hydrogen (secondary N) is 1. The van der Waals surface area contributed by atoms with Gasteiger partial charge in [0.1, 0.15) is 5.82 Å². The van der Waals surface area contributed by atoms with Crippen molar-refractivity contribution >= 4 is 56.5 Å². The minimum Gasteiger partial charge on any atom is -0.490 e. The van der Waals surface area contributed by atoms with Gasteiger partial charge in [-0.05, 0) is 88.2 Å². The van der Waals surface area contributed by atoms with E-state index in [-0.39, 0.29) is 24.0 Å². The van der Waals surface area contributed by atoms with Crippen LogP contribution in [0.5, 0.6) is 11.5 Å². The van der Waals surface area contributed by atoms with Crippen molar-refractivity contribution in [3.05, 3.63) is 93.1 Å². The number of hydrogen-bond donors (Lipinski definition) is 1. The molecule has 7 nitrogen and oxygen atoms in total. The van der Waals surface area contributed by atoms with Gasteiger partial charge in [0.25, 0.3) is 17.1 Å². The zero-order valence-electron chi connectivity index (χ0n) is 19.7. The summed E-state index contributed by atoms with van der Waals surface area (Å²) in [5.74, 6) is -0.448. The monoisotopic (exact) mass is 584 g/mol. The van der Waals surface area contributed by atoms with Crippen LogP contribution in [0.15, 0.2) is 76.1 Å². The van der Waals surface area contributed by atoms with Crippen molar-refractivity contribution in [2.24, 2.45) is 0 Å². The summed E-state index contributed by atoms with van der Waals surface area (Å²) >= 11 is 4.29. The number of hydrogen-bond acceptors (Lipinski definition) is 6. The number of rotatable bonds is 9. The molecular weight excluding hydrogens is 563 g/mol. The van der Waals surface area contributed by atoms with E-state index in [2.05, 4.69) is 21.2 Å². The number of carbonyl (C=O) groups is 3. The number of halogens is 2. The zero-order chi connectivity index (χ0) is 26.4. The number of thioether (sulfide) groups is 1. The Kier molecular flexibility index (Phi) is 8.62. The SMILES string of the molecule is CCOc1cc(/C=C2\SC(=O)N(Cc3ccc(F)cc3)C2=O)cc(Br)c1OCC(=O)Nc1ccccc1. The highest BCUT2D eigenvalue weighted by molar-refractivity contribution is 9.10. The van der Waals surface area contributed by atoms with Gasteiger partial charge in [-0.15, -0.1) is 0 Å². The summed E-state index contributed by atoms with van der Waals surface area (Å²) in [5, 5.41) is 2.34. The Labute approximate surface area is 225 Å². The van der Waals surface area contributed by atoms with Gasteiger partial charge in [0.2, 0.25) is 0 Å². The van der Waals surface area contributed by atoms with E-state index in [1.165, 1.54) is 24.3 Å². The van der Waals surface area contributed by atoms with E-state index in [0.29, 0.717) is 39.4 Å². The molecule has 1 saturated heterocycles. The lowest BCUT2D eigenvalue weighted by atomic mass is 10.1. The molecule has 3 aromatic rings. The quantitative estimate of drug-likeness (QED) is 0.300. The number of benzene rings is 3. The Morgan fingerprint density at radius 3 is 2.51 bits per heavy atom. The first-order chi connectivity index (χ1) is 17.8. The van der Waals surface area contributed by atoms with Crippen molar-refractivity contribution in [3.63, 3.8) is 0 Å². The van der Waals surface area contributed by atoms with Crippen molar-refractivity contribution in [2.45, 2.75) is 13.5 Å². The highest BCUT2D eigenvalue weighted by atomic mass is 79.9. The number of anilines is 1. The van der Waals surface area contributed by atoms with E-state index in [1.807, 2.05) is 25.1 Å². The second kappa shape index (κ2) is 12.1. The molecule has 0 bridgehead atoms. The summed E-state index contributed by atoms with van der Waals surface area (Å²) in [6.45, 7) is 1.97. The third-order valence-electron chi connectivity index (χ3n) is 5.16. The van der Waals surface area contributed by atoms with Crippen molar-refractivity contribution < 1.29 is 28.2 Å². The molecule has 0 unspecified atom stereocenters. The molecule has 190 valence electrons. The Balaban J connectivity index is 1.49. The van der Waals surface area contributed by atoms with Crippen LogP contribution >= 0.6 is 27.7 Å². The van der Waals surface area contributed by atoms with Crippen LogP contribution in [-0.2, 0) is 16.1 Å². The molecule has 0 atom stereocenters. The summed E-state index contributed by atoms with van der Waals surface area (Å²) in [6.07, 6.45) is 1.59. The third kappa shape index (κ3) is 6.78. The molecule has 0 radical (unpaired) electrons. The molecule has 1 aliphatic heterocycles. The van der Waals surface area contributed by atoms with Crippen molar-refractivity contribution in [1.82, 2.24) is 4.90 Å². The third-order valence-corrected chi connectivity index (χ3v) is 6.66. The van der Waals surface area contributed by atoms with Gasteiger partial charge < -0.3 is 14.8 Å². The first kappa shape index (κ1) is 26.4. The second-order valence-electron chi connectivity index (χ2n) is 7.86. The Morgan fingerprint density at radius 1 is 1.08 bits per heavy atom. The number of nitrogens with zero attached hydrogens (tertiary/aromatic N) is 1. The number of imide groups is 1. The van der Waals surface area contributed by atoms with Crippen LogP contribution in [0, 0.1) is 5.82 Å². The van der Waals surface area contributed by atoms with E-state index in [4.69, 9.17) is 9.47 Å². The largest absolute Gasteiger partial charge is 0.490 e. The van der Waals surface area contributed by atoms with Gasteiger partial charge in [0, 0.05) is 5.69 Å². The van der Waals surface area contributed by atoms with Crippen molar-refractivity contribution in [3.8, 4) is 11.5 Å². The van der Waals surface area contributed by atoms with Crippen LogP contribution in [0.4, 0.5) is 14.9 Å². The van der Waals surface area contributed by atoms with E-state index in [0.717, 1.165) is 16.7 Å². The molecule has 4 rings (SSSR count). The summed E-state index contributed by atoms with van der Waals surface area (Å²) in [4.78, 5) is 39.1. The predicted molar refractivity (Wildman–Crippen MR) is 144 cm³/mol. The van der Waals surface area contributed by atoms with Gasteiger partial charge in [0.05, 0.1) is 22.5 Å². The predicted octanol–water partition coefficient (Wildman–Crippen LogP) is 6.24. The maximum atomic E-state index is 13.2. The highest BCUT2D eigenvalue weighted by Crippen LogP contribution is 2.39. The second-order valence-corrected chi connectivity index (χ2v) is 9.71. The minimum atomic E-state index is -0.439. The molecule has 0 saturated carbocycles. The van der Waals surface area contributed by atoms with Crippen LogP contribution in [0.25, 0.3) is 6.08 Å². The Morgan fingerprint density at radius 2 is 1.81 bits per heavy atom. The van der Waals surface area contributed by atoms with Gasteiger partial charge in [-0.2, -0.15) is 0 Å². The van der Waals surface area contributed by atoms with Gasteiger partial charge in [-0.3, -0.25) is 19.3 Å². The van der Waals surface area contributed by atoms with Gasteiger partial charge in [0.15, 0.2) is 18.1 Å². The number of para-hydroxylation sites is 1. The molecular formula is C27H22BrFN2O5S. The van der Waals surface area contributed by atoms with E-state index >= 15 is 0 Å². The lowest BCUT2D eigenvalue weighted by Gasteiger charge is -2.15. The molecule has 0 aromatic heterocycles. The molecule has 0 aliphatic carbocycles. The molecule has 0 spiro atoms. The fraction of sp³-hybridized carbons (Fsp3) is 0.148. The normalized spacial score (nSPS) is 14.2. The molecule has 3 aromatic carbocycles. The summed E-state index contributed by atoms with van der Waals surface area (Å²) in [6, 6.07) is 18.0. The van der Waals surface area contributed by atoms with E-state index in [1.54, 1.807) is 30.3 Å². The Hall–Kier alpha value is -3.63. The average molecular weight is 585 g/mol. The topological polar surface area (TPSA) is 84.9 Å². The standard InChI is InChI=1S/C27H22BrFN2O5S/c1-2-35-22-13-18(12-21(28)25(22)36-16-24(32)30-20-6-4-3-5-7-20)14-23-26(33)31(27(34)37-23)15-17-8-10-19(29)11-9-17/h3-14H,2,15-16H2,1H3,(H,30,32)/b23-14-. The van der Waals surface area contributed by atoms with Gasteiger partial charge >= 0.3 is 0 Å². The molecule has 37 heavy (non-hydrogen) atoms. The number of carbonyl (C=O) groups excluding carboxylic acids is 3. The molecule has 3 amide bonds. The highest BCUT2D eigenvalue weighted by Gasteiger charge is 2.35. The van der Waals surface area contributed by atoms with Gasteiger partial charge in [-0.1, -0.05) is 30.3 Å². The maximum absolute atomic E-state index is 13.2. The first-order valence-corrected chi connectivity index (χ1v) is 12.9. The van der Waals surface area contributed by atoms with Crippen LogP contribution in [0.3, 0.4) is 0 Å². The summed E-state index contributed by atoms with van der Waals surface area (Å²) in [5.41, 5.74) is 1.90. The molecule has 1 heterocycles. The maximum Gasteiger partial charge on any atom is 0.293 e. The molecule has 1 aliphatic rings. The summed E-state index contributed by atoms with van der Waals surface area (Å²) < 4.78 is 25.2. The van der Waals surface area contributed by atoms with E-state index in [9.17, 15) is 18.8 Å². The van der Waals surface area contributed by atoms with Crippen molar-refractivity contribution in [2.75, 3.05) is 18.5 Å². The fourth-order valence-electron chi connectivity index (χ4n) is 3.49. The fourth-order valence-corrected chi connectivity index (χ4v) is 4.90. The van der Waals surface area contributed by atoms with E-state index < -0.39 is 17.0 Å². The van der Waals surface area contributed by atoms with Crippen molar-refractivity contribution in [1.29, 1.82) is 0 Å². The smallest absolute Gasteiger partial charge is 0.293 e. The number of amides is 3. The number of ether oxygens (including phenoxy) is 2. The Bertz CT molecular complexity index is 1350. The molecule has 10 heteroatoms. The minimum absolute atomic E-state index is 0.0496. The lowest BCUT2D eigenvalue weighted by molar-refractivity contribution is -0.123. The lowest BCUT2D eigenvalue weighted by Crippen LogP contribution is -2.27.